The molecular weight excluding hydrogens is 837 g/mol. The van der Waals surface area contributed by atoms with Crippen LogP contribution in [0, 0.1) is 0 Å². The molecule has 0 aliphatic carbocycles. The molecule has 0 aromatic rings. The van der Waals surface area contributed by atoms with Gasteiger partial charge in [0.05, 0.1) is 6.61 Å². The summed E-state index contributed by atoms with van der Waals surface area (Å²) < 4.78 is 17.5. The summed E-state index contributed by atoms with van der Waals surface area (Å²) in [5.41, 5.74) is 0. The molecule has 0 bridgehead atoms. The van der Waals surface area contributed by atoms with E-state index in [2.05, 4.69) is 45.1 Å². The molecule has 5 nitrogen and oxygen atoms in total. The fourth-order valence-electron chi connectivity index (χ4n) is 9.37. The van der Waals surface area contributed by atoms with Crippen molar-refractivity contribution in [3.63, 3.8) is 0 Å². The number of esters is 2. The number of ether oxygens (including phenoxy) is 3. The van der Waals surface area contributed by atoms with Gasteiger partial charge in [-0.3, -0.25) is 9.59 Å². The van der Waals surface area contributed by atoms with Crippen LogP contribution in [0.15, 0.2) is 24.3 Å². The summed E-state index contributed by atoms with van der Waals surface area (Å²) in [6.45, 7) is 7.88. The smallest absolute Gasteiger partial charge is 0.306 e. The highest BCUT2D eigenvalue weighted by Crippen LogP contribution is 2.17. The highest BCUT2D eigenvalue weighted by atomic mass is 16.6. The average Bonchev–Trinajstić information content (AvgIpc) is 3.34. The fraction of sp³-hybridized carbons (Fsp3) is 0.905. The highest BCUT2D eigenvalue weighted by molar-refractivity contribution is 5.70. The van der Waals surface area contributed by atoms with E-state index in [9.17, 15) is 9.59 Å². The normalized spacial score (nSPS) is 12.2. The van der Waals surface area contributed by atoms with Gasteiger partial charge in [0, 0.05) is 19.4 Å². The summed E-state index contributed by atoms with van der Waals surface area (Å²) in [5, 5.41) is 0. The van der Waals surface area contributed by atoms with E-state index >= 15 is 0 Å². The van der Waals surface area contributed by atoms with Crippen molar-refractivity contribution in [1.29, 1.82) is 0 Å². The van der Waals surface area contributed by atoms with Crippen LogP contribution in [0.1, 0.15) is 342 Å². The Kier molecular flexibility index (Phi) is 58.3. The van der Waals surface area contributed by atoms with Crippen molar-refractivity contribution in [2.45, 2.75) is 348 Å². The van der Waals surface area contributed by atoms with Gasteiger partial charge in [-0.05, 0) is 51.4 Å². The third kappa shape index (κ3) is 57.0. The molecule has 402 valence electrons. The Morgan fingerprint density at radius 2 is 0.618 bits per heavy atom. The third-order valence-corrected chi connectivity index (χ3v) is 14.0. The summed E-state index contributed by atoms with van der Waals surface area (Å²) in [5.74, 6) is -0.371. The van der Waals surface area contributed by atoms with E-state index in [1.54, 1.807) is 0 Å². The van der Waals surface area contributed by atoms with E-state index in [1.165, 1.54) is 263 Å². The zero-order valence-electron chi connectivity index (χ0n) is 46.4. The number of carbonyl (C=O) groups excluding carboxylic acids is 2. The van der Waals surface area contributed by atoms with Crippen LogP contribution in [-0.2, 0) is 23.8 Å². The predicted molar refractivity (Wildman–Crippen MR) is 298 cm³/mol. The number of unbranched alkanes of at least 4 members (excludes halogenated alkanes) is 43. The lowest BCUT2D eigenvalue weighted by Crippen LogP contribution is -2.30. The lowest BCUT2D eigenvalue weighted by Gasteiger charge is -2.18. The van der Waals surface area contributed by atoms with Crippen molar-refractivity contribution in [2.24, 2.45) is 0 Å². The molecule has 0 saturated heterocycles. The standard InChI is InChI=1S/C63H120O5/c1-4-7-10-13-16-19-22-25-28-30-31-32-34-37-40-43-46-49-52-55-58-66-59-61(68-63(65)57-54-51-48-45-42-39-35-27-24-21-18-15-12-9-6-3)60-67-62(64)56-53-50-47-44-41-38-36-33-29-26-23-20-17-14-11-8-5-2/h16,19,25,28,61H,4-15,17-18,20-24,26-27,29-60H2,1-3H3/b19-16-,28-25-. The molecule has 0 rings (SSSR count). The second-order valence-electron chi connectivity index (χ2n) is 21.0. The summed E-state index contributed by atoms with van der Waals surface area (Å²) >= 11 is 0. The zero-order valence-corrected chi connectivity index (χ0v) is 46.4. The SMILES string of the molecule is CCCCC/C=C\C/C=C\CCCCCCCCCCCCOCC(COC(=O)CCCCCCCCCCCCCCCCCCC)OC(=O)CCCCCCCCCCCCCCCCC. The minimum atomic E-state index is -0.531. The van der Waals surface area contributed by atoms with Gasteiger partial charge in [-0.15, -0.1) is 0 Å². The molecule has 0 N–H and O–H groups in total. The molecule has 0 spiro atoms. The predicted octanol–water partition coefficient (Wildman–Crippen LogP) is 21.1. The van der Waals surface area contributed by atoms with Crippen molar-refractivity contribution < 1.29 is 23.8 Å². The molecule has 0 saturated carbocycles. The fourth-order valence-corrected chi connectivity index (χ4v) is 9.37. The van der Waals surface area contributed by atoms with Crippen LogP contribution in [0.4, 0.5) is 0 Å². The van der Waals surface area contributed by atoms with Crippen LogP contribution in [0.2, 0.25) is 0 Å². The van der Waals surface area contributed by atoms with Gasteiger partial charge in [0.15, 0.2) is 6.10 Å². The van der Waals surface area contributed by atoms with Gasteiger partial charge in [0.1, 0.15) is 6.61 Å². The maximum atomic E-state index is 12.9. The Hall–Kier alpha value is -1.62. The van der Waals surface area contributed by atoms with Crippen molar-refractivity contribution in [2.75, 3.05) is 19.8 Å². The first-order chi connectivity index (χ1) is 33.6. The van der Waals surface area contributed by atoms with Gasteiger partial charge in [0.2, 0.25) is 0 Å². The molecule has 0 aliphatic rings. The minimum absolute atomic E-state index is 0.0932. The lowest BCUT2D eigenvalue weighted by molar-refractivity contribution is -0.163. The zero-order chi connectivity index (χ0) is 49.2. The van der Waals surface area contributed by atoms with Gasteiger partial charge in [-0.25, -0.2) is 0 Å². The molecule has 0 aromatic carbocycles. The Bertz CT molecular complexity index is 1040. The summed E-state index contributed by atoms with van der Waals surface area (Å²) in [6.07, 6.45) is 72.1. The van der Waals surface area contributed by atoms with Crippen LogP contribution in [0.5, 0.6) is 0 Å². The van der Waals surface area contributed by atoms with Crippen LogP contribution in [0.25, 0.3) is 0 Å². The van der Waals surface area contributed by atoms with E-state index in [1.807, 2.05) is 0 Å². The Labute approximate surface area is 426 Å². The van der Waals surface area contributed by atoms with Gasteiger partial charge >= 0.3 is 11.9 Å². The van der Waals surface area contributed by atoms with E-state index < -0.39 is 6.10 Å². The van der Waals surface area contributed by atoms with Crippen LogP contribution < -0.4 is 0 Å². The first kappa shape index (κ1) is 66.4. The Balaban J connectivity index is 4.20. The summed E-state index contributed by atoms with van der Waals surface area (Å²) in [4.78, 5) is 25.6. The van der Waals surface area contributed by atoms with Gasteiger partial charge in [-0.1, -0.05) is 302 Å². The topological polar surface area (TPSA) is 61.8 Å². The molecule has 1 unspecified atom stereocenters. The summed E-state index contributed by atoms with van der Waals surface area (Å²) in [6, 6.07) is 0. The number of hydrogen-bond acceptors (Lipinski definition) is 5. The van der Waals surface area contributed by atoms with Gasteiger partial charge in [0.25, 0.3) is 0 Å². The second-order valence-corrected chi connectivity index (χ2v) is 21.0. The third-order valence-electron chi connectivity index (χ3n) is 14.0. The largest absolute Gasteiger partial charge is 0.462 e. The number of rotatable bonds is 58. The molecule has 1 atom stereocenters. The van der Waals surface area contributed by atoms with Crippen molar-refractivity contribution in [1.82, 2.24) is 0 Å². The highest BCUT2D eigenvalue weighted by Gasteiger charge is 2.18. The lowest BCUT2D eigenvalue weighted by atomic mass is 10.0. The molecule has 0 heterocycles. The van der Waals surface area contributed by atoms with Crippen molar-refractivity contribution in [3.8, 4) is 0 Å². The molecular formula is C63H120O5. The molecule has 0 aliphatic heterocycles. The number of allylic oxidation sites excluding steroid dienone is 4. The van der Waals surface area contributed by atoms with E-state index in [0.717, 1.165) is 44.9 Å². The Morgan fingerprint density at radius 1 is 0.324 bits per heavy atom. The summed E-state index contributed by atoms with van der Waals surface area (Å²) in [7, 11) is 0. The van der Waals surface area contributed by atoms with Crippen LogP contribution in [-0.4, -0.2) is 37.9 Å². The molecule has 0 fully saturated rings. The van der Waals surface area contributed by atoms with Crippen LogP contribution >= 0.6 is 0 Å². The van der Waals surface area contributed by atoms with Crippen molar-refractivity contribution in [3.05, 3.63) is 24.3 Å². The first-order valence-electron chi connectivity index (χ1n) is 30.9. The van der Waals surface area contributed by atoms with Gasteiger partial charge < -0.3 is 14.2 Å². The molecule has 0 aromatic heterocycles. The first-order valence-corrected chi connectivity index (χ1v) is 30.9. The number of carbonyl (C=O) groups is 2. The molecule has 0 radical (unpaired) electrons. The Morgan fingerprint density at radius 3 is 1.00 bits per heavy atom. The maximum Gasteiger partial charge on any atom is 0.306 e. The quantitative estimate of drug-likeness (QED) is 0.0345. The minimum Gasteiger partial charge on any atom is -0.462 e. The van der Waals surface area contributed by atoms with E-state index in [-0.39, 0.29) is 18.5 Å². The molecule has 68 heavy (non-hydrogen) atoms. The average molecular weight is 958 g/mol. The molecule has 0 amide bonds. The van der Waals surface area contributed by atoms with E-state index in [0.29, 0.717) is 26.1 Å². The molecule has 5 heteroatoms. The van der Waals surface area contributed by atoms with Gasteiger partial charge in [-0.2, -0.15) is 0 Å². The number of hydrogen-bond donors (Lipinski definition) is 0. The second kappa shape index (κ2) is 59.7. The van der Waals surface area contributed by atoms with E-state index in [4.69, 9.17) is 14.2 Å². The maximum absolute atomic E-state index is 12.9. The van der Waals surface area contributed by atoms with Crippen LogP contribution in [0.3, 0.4) is 0 Å². The monoisotopic (exact) mass is 957 g/mol. The van der Waals surface area contributed by atoms with Crippen molar-refractivity contribution >= 4 is 11.9 Å².